The van der Waals surface area contributed by atoms with Crippen molar-refractivity contribution < 1.29 is 9.53 Å². The monoisotopic (exact) mass is 298 g/mol. The fourth-order valence-electron chi connectivity index (χ4n) is 2.11. The Morgan fingerprint density at radius 3 is 2.90 bits per heavy atom. The number of carbonyl (C=O) groups excluding carboxylic acids is 1. The molecule has 0 spiro atoms. The lowest BCUT2D eigenvalue weighted by atomic mass is 10.1. The minimum Gasteiger partial charge on any atom is -0.462 e. The van der Waals surface area contributed by atoms with Crippen LogP contribution < -0.4 is 0 Å². The number of ether oxygens (including phenoxy) is 1. The van der Waals surface area contributed by atoms with E-state index in [9.17, 15) is 4.79 Å². The van der Waals surface area contributed by atoms with Gasteiger partial charge in [-0.2, -0.15) is 0 Å². The Kier molecular flexibility index (Phi) is 3.92. The summed E-state index contributed by atoms with van der Waals surface area (Å²) in [6.45, 7) is 2.65. The molecule has 4 nitrogen and oxygen atoms in total. The normalized spacial score (nSPS) is 13.8. The first-order valence-electron chi connectivity index (χ1n) is 6.73. The molecule has 1 aliphatic heterocycles. The Morgan fingerprint density at radius 1 is 1.33 bits per heavy atom. The average molecular weight is 298 g/mol. The van der Waals surface area contributed by atoms with E-state index in [1.165, 1.54) is 11.3 Å². The molecule has 2 aromatic rings. The van der Waals surface area contributed by atoms with Crippen LogP contribution in [0, 0.1) is 0 Å². The third-order valence-electron chi connectivity index (χ3n) is 3.07. The van der Waals surface area contributed by atoms with Crippen molar-refractivity contribution in [2.45, 2.75) is 6.92 Å². The Balaban J connectivity index is 1.87. The Labute approximate surface area is 126 Å². The SMILES string of the molecule is CCOC(=O)C1=CCN=C1c1nc(-c2ccccc2)cs1. The maximum atomic E-state index is 11.9. The molecular weight excluding hydrogens is 284 g/mol. The van der Waals surface area contributed by atoms with Crippen molar-refractivity contribution in [3.05, 3.63) is 52.4 Å². The fourth-order valence-corrected chi connectivity index (χ4v) is 2.95. The molecule has 21 heavy (non-hydrogen) atoms. The molecule has 0 radical (unpaired) electrons. The average Bonchev–Trinajstić information content (AvgIpc) is 3.17. The number of benzene rings is 1. The van der Waals surface area contributed by atoms with E-state index in [1.807, 2.05) is 35.7 Å². The van der Waals surface area contributed by atoms with Gasteiger partial charge in [-0.3, -0.25) is 4.99 Å². The van der Waals surface area contributed by atoms with Crippen LogP contribution in [0.5, 0.6) is 0 Å². The number of aromatic nitrogens is 1. The molecule has 0 saturated heterocycles. The van der Waals surface area contributed by atoms with E-state index in [2.05, 4.69) is 9.98 Å². The van der Waals surface area contributed by atoms with Crippen LogP contribution in [0.4, 0.5) is 0 Å². The molecule has 106 valence electrons. The van der Waals surface area contributed by atoms with Crippen LogP contribution in [-0.2, 0) is 9.53 Å². The second-order valence-electron chi connectivity index (χ2n) is 4.43. The molecule has 0 fully saturated rings. The smallest absolute Gasteiger partial charge is 0.340 e. The van der Waals surface area contributed by atoms with Crippen LogP contribution in [0.1, 0.15) is 11.9 Å². The number of carbonyl (C=O) groups is 1. The first-order valence-corrected chi connectivity index (χ1v) is 7.61. The highest BCUT2D eigenvalue weighted by atomic mass is 32.1. The highest BCUT2D eigenvalue weighted by molar-refractivity contribution is 7.12. The van der Waals surface area contributed by atoms with Crippen LogP contribution in [-0.4, -0.2) is 29.8 Å². The molecule has 2 heterocycles. The van der Waals surface area contributed by atoms with Crippen molar-refractivity contribution in [2.24, 2.45) is 4.99 Å². The summed E-state index contributed by atoms with van der Waals surface area (Å²) in [4.78, 5) is 20.9. The Morgan fingerprint density at radius 2 is 2.14 bits per heavy atom. The van der Waals surface area contributed by atoms with Gasteiger partial charge in [-0.25, -0.2) is 9.78 Å². The Hall–Kier alpha value is -2.27. The van der Waals surface area contributed by atoms with E-state index >= 15 is 0 Å². The highest BCUT2D eigenvalue weighted by Gasteiger charge is 2.24. The van der Waals surface area contributed by atoms with Crippen LogP contribution in [0.2, 0.25) is 0 Å². The third-order valence-corrected chi connectivity index (χ3v) is 3.92. The van der Waals surface area contributed by atoms with Gasteiger partial charge in [0, 0.05) is 10.9 Å². The summed E-state index contributed by atoms with van der Waals surface area (Å²) in [6, 6.07) is 9.95. The van der Waals surface area contributed by atoms with Crippen molar-refractivity contribution >= 4 is 23.0 Å². The van der Waals surface area contributed by atoms with Gasteiger partial charge in [0.05, 0.1) is 24.4 Å². The predicted octanol–water partition coefficient (Wildman–Crippen LogP) is 3.10. The molecule has 5 heteroatoms. The molecule has 3 rings (SSSR count). The van der Waals surface area contributed by atoms with Gasteiger partial charge in [-0.05, 0) is 13.0 Å². The van der Waals surface area contributed by atoms with Crippen LogP contribution in [0.25, 0.3) is 11.3 Å². The standard InChI is InChI=1S/C16H14N2O2S/c1-2-20-16(19)12-8-9-17-14(12)15-18-13(10-21-15)11-6-4-3-5-7-11/h3-8,10H,2,9H2,1H3. The Bertz CT molecular complexity index is 717. The van der Waals surface area contributed by atoms with E-state index in [0.29, 0.717) is 24.4 Å². The van der Waals surface area contributed by atoms with Gasteiger partial charge in [0.2, 0.25) is 0 Å². The number of esters is 1. The summed E-state index contributed by atoms with van der Waals surface area (Å²) in [5.41, 5.74) is 3.11. The molecule has 0 bridgehead atoms. The van der Waals surface area contributed by atoms with E-state index in [0.717, 1.165) is 16.3 Å². The number of aliphatic imine (C=N–C) groups is 1. The molecule has 1 aromatic carbocycles. The van der Waals surface area contributed by atoms with Gasteiger partial charge in [-0.15, -0.1) is 11.3 Å². The molecule has 1 aromatic heterocycles. The summed E-state index contributed by atoms with van der Waals surface area (Å²) in [7, 11) is 0. The van der Waals surface area contributed by atoms with Crippen molar-refractivity contribution in [3.8, 4) is 11.3 Å². The van der Waals surface area contributed by atoms with E-state index < -0.39 is 0 Å². The summed E-state index contributed by atoms with van der Waals surface area (Å²) < 4.78 is 5.06. The molecule has 0 saturated carbocycles. The zero-order valence-electron chi connectivity index (χ0n) is 11.6. The van der Waals surface area contributed by atoms with Crippen molar-refractivity contribution in [3.63, 3.8) is 0 Å². The molecule has 0 amide bonds. The second kappa shape index (κ2) is 6.01. The molecule has 0 aliphatic carbocycles. The van der Waals surface area contributed by atoms with Crippen molar-refractivity contribution in [2.75, 3.05) is 13.2 Å². The van der Waals surface area contributed by atoms with Crippen LogP contribution in [0.3, 0.4) is 0 Å². The quantitative estimate of drug-likeness (QED) is 0.815. The van der Waals surface area contributed by atoms with Gasteiger partial charge in [-0.1, -0.05) is 30.3 Å². The van der Waals surface area contributed by atoms with E-state index in [-0.39, 0.29) is 5.97 Å². The summed E-state index contributed by atoms with van der Waals surface area (Å²) in [6.07, 6.45) is 1.79. The number of rotatable bonds is 4. The van der Waals surface area contributed by atoms with Crippen LogP contribution in [0.15, 0.2) is 52.4 Å². The number of hydrogen-bond donors (Lipinski definition) is 0. The van der Waals surface area contributed by atoms with Gasteiger partial charge in [0.1, 0.15) is 10.7 Å². The van der Waals surface area contributed by atoms with Gasteiger partial charge >= 0.3 is 5.97 Å². The molecule has 0 N–H and O–H groups in total. The topological polar surface area (TPSA) is 51.5 Å². The summed E-state index contributed by atoms with van der Waals surface area (Å²) in [5, 5.41) is 2.74. The van der Waals surface area contributed by atoms with Gasteiger partial charge in [0.25, 0.3) is 0 Å². The lowest BCUT2D eigenvalue weighted by Gasteiger charge is -2.03. The molecular formula is C16H14N2O2S. The maximum absolute atomic E-state index is 11.9. The minimum absolute atomic E-state index is 0.329. The number of hydrogen-bond acceptors (Lipinski definition) is 5. The van der Waals surface area contributed by atoms with Gasteiger partial charge < -0.3 is 4.74 Å². The highest BCUT2D eigenvalue weighted by Crippen LogP contribution is 2.25. The molecule has 0 atom stereocenters. The predicted molar refractivity (Wildman–Crippen MR) is 83.7 cm³/mol. The summed E-state index contributed by atoms with van der Waals surface area (Å²) >= 11 is 1.49. The van der Waals surface area contributed by atoms with E-state index in [4.69, 9.17) is 4.74 Å². The first kappa shape index (κ1) is 13.7. The summed E-state index contributed by atoms with van der Waals surface area (Å²) in [5.74, 6) is -0.329. The third kappa shape index (κ3) is 2.78. The first-order chi connectivity index (χ1) is 10.3. The second-order valence-corrected chi connectivity index (χ2v) is 5.29. The van der Waals surface area contributed by atoms with Crippen molar-refractivity contribution in [1.82, 2.24) is 4.98 Å². The largest absolute Gasteiger partial charge is 0.462 e. The zero-order chi connectivity index (χ0) is 14.7. The fraction of sp³-hybridized carbons (Fsp3) is 0.188. The van der Waals surface area contributed by atoms with E-state index in [1.54, 1.807) is 13.0 Å². The lowest BCUT2D eigenvalue weighted by Crippen LogP contribution is -2.14. The molecule has 0 unspecified atom stereocenters. The minimum atomic E-state index is -0.329. The van der Waals surface area contributed by atoms with Gasteiger partial charge in [0.15, 0.2) is 0 Å². The van der Waals surface area contributed by atoms with Crippen molar-refractivity contribution in [1.29, 1.82) is 0 Å². The number of thiazole rings is 1. The maximum Gasteiger partial charge on any atom is 0.340 e. The molecule has 1 aliphatic rings. The number of nitrogens with zero attached hydrogens (tertiary/aromatic N) is 2. The zero-order valence-corrected chi connectivity index (χ0v) is 12.4. The lowest BCUT2D eigenvalue weighted by molar-refractivity contribution is -0.137. The van der Waals surface area contributed by atoms with Crippen LogP contribution >= 0.6 is 11.3 Å².